The lowest BCUT2D eigenvalue weighted by atomic mass is 9.86. The average Bonchev–Trinajstić information content (AvgIpc) is 3.34. The summed E-state index contributed by atoms with van der Waals surface area (Å²) in [5.74, 6) is 1.69. The van der Waals surface area contributed by atoms with Gasteiger partial charge < -0.3 is 14.6 Å². The van der Waals surface area contributed by atoms with E-state index in [9.17, 15) is 4.79 Å². The molecule has 6 nitrogen and oxygen atoms in total. The zero-order chi connectivity index (χ0) is 17.2. The molecular formula is C19H24N4O2. The van der Waals surface area contributed by atoms with E-state index in [-0.39, 0.29) is 17.9 Å². The topological polar surface area (TPSA) is 71.3 Å². The molecule has 25 heavy (non-hydrogen) atoms. The van der Waals surface area contributed by atoms with Gasteiger partial charge in [0.25, 0.3) is 0 Å². The number of amides is 1. The van der Waals surface area contributed by atoms with Crippen LogP contribution in [0, 0.1) is 5.92 Å². The van der Waals surface area contributed by atoms with E-state index < -0.39 is 0 Å². The second-order valence-electron chi connectivity index (χ2n) is 7.02. The van der Waals surface area contributed by atoms with Gasteiger partial charge in [-0.25, -0.2) is 9.97 Å². The first-order chi connectivity index (χ1) is 12.2. The summed E-state index contributed by atoms with van der Waals surface area (Å²) in [7, 11) is 0. The highest BCUT2D eigenvalue weighted by Crippen LogP contribution is 2.27. The number of anilines is 1. The average molecular weight is 340 g/mol. The lowest BCUT2D eigenvalue weighted by Gasteiger charge is -2.25. The van der Waals surface area contributed by atoms with Gasteiger partial charge in [-0.1, -0.05) is 0 Å². The van der Waals surface area contributed by atoms with Gasteiger partial charge in [-0.15, -0.1) is 0 Å². The van der Waals surface area contributed by atoms with Gasteiger partial charge >= 0.3 is 0 Å². The van der Waals surface area contributed by atoms with Crippen molar-refractivity contribution in [3.63, 3.8) is 0 Å². The van der Waals surface area contributed by atoms with Crippen molar-refractivity contribution in [3.05, 3.63) is 41.6 Å². The van der Waals surface area contributed by atoms with Crippen LogP contribution in [0.4, 0.5) is 5.95 Å². The normalized spacial score (nSPS) is 21.0. The summed E-state index contributed by atoms with van der Waals surface area (Å²) in [6.45, 7) is 4.04. The molecule has 2 atom stereocenters. The number of furan rings is 1. The lowest BCUT2D eigenvalue weighted by Crippen LogP contribution is -2.36. The zero-order valence-electron chi connectivity index (χ0n) is 14.6. The molecule has 2 aromatic heterocycles. The summed E-state index contributed by atoms with van der Waals surface area (Å²) in [5.41, 5.74) is 2.22. The van der Waals surface area contributed by atoms with Gasteiger partial charge in [0.1, 0.15) is 5.76 Å². The minimum absolute atomic E-state index is 0.0221. The van der Waals surface area contributed by atoms with Crippen molar-refractivity contribution in [2.45, 2.75) is 45.1 Å². The molecule has 0 bridgehead atoms. The molecule has 1 aliphatic carbocycles. The lowest BCUT2D eigenvalue weighted by molar-refractivity contribution is -0.126. The molecule has 0 aromatic carbocycles. The minimum Gasteiger partial charge on any atom is -0.467 e. The number of fused-ring (bicyclic) bond motifs is 1. The molecule has 1 amide bonds. The largest absolute Gasteiger partial charge is 0.467 e. The summed E-state index contributed by atoms with van der Waals surface area (Å²) in [5, 5.41) is 3.06. The van der Waals surface area contributed by atoms with Crippen LogP contribution in [0.3, 0.4) is 0 Å². The standard InChI is InChI=1S/C19H24N4O2/c1-13(17-5-4-10-25-17)21-18(24)14-6-7-16-15(11-14)12-20-19(22-16)23-8-2-3-9-23/h4-5,10,12-14H,2-3,6-9,11H2,1H3,(H,21,24). The predicted octanol–water partition coefficient (Wildman–Crippen LogP) is 2.65. The molecule has 2 aromatic rings. The van der Waals surface area contributed by atoms with E-state index in [1.54, 1.807) is 6.26 Å². The van der Waals surface area contributed by atoms with Gasteiger partial charge in [0, 0.05) is 30.9 Å². The van der Waals surface area contributed by atoms with Crippen LogP contribution in [-0.4, -0.2) is 29.0 Å². The molecule has 1 fully saturated rings. The number of rotatable bonds is 4. The Morgan fingerprint density at radius 1 is 1.40 bits per heavy atom. The van der Waals surface area contributed by atoms with Crippen molar-refractivity contribution < 1.29 is 9.21 Å². The van der Waals surface area contributed by atoms with Crippen LogP contribution in [0.1, 0.15) is 49.2 Å². The van der Waals surface area contributed by atoms with Gasteiger partial charge in [-0.3, -0.25) is 4.79 Å². The van der Waals surface area contributed by atoms with E-state index in [0.717, 1.165) is 48.9 Å². The molecular weight excluding hydrogens is 316 g/mol. The molecule has 1 saturated heterocycles. The Morgan fingerprint density at radius 2 is 2.24 bits per heavy atom. The molecule has 4 rings (SSSR count). The first-order valence-corrected chi connectivity index (χ1v) is 9.14. The van der Waals surface area contributed by atoms with Crippen molar-refractivity contribution in [1.82, 2.24) is 15.3 Å². The van der Waals surface area contributed by atoms with E-state index >= 15 is 0 Å². The number of nitrogens with zero attached hydrogens (tertiary/aromatic N) is 3. The van der Waals surface area contributed by atoms with Crippen LogP contribution in [0.2, 0.25) is 0 Å². The minimum atomic E-state index is -0.113. The van der Waals surface area contributed by atoms with Crippen LogP contribution < -0.4 is 10.2 Å². The Morgan fingerprint density at radius 3 is 3.00 bits per heavy atom. The van der Waals surface area contributed by atoms with E-state index in [2.05, 4.69) is 15.2 Å². The number of nitrogens with one attached hydrogen (secondary N) is 1. The number of carbonyl (C=O) groups is 1. The van der Waals surface area contributed by atoms with Crippen LogP contribution in [0.25, 0.3) is 0 Å². The summed E-state index contributed by atoms with van der Waals surface area (Å²) < 4.78 is 5.36. The van der Waals surface area contributed by atoms with Gasteiger partial charge in [-0.05, 0) is 56.7 Å². The van der Waals surface area contributed by atoms with E-state index in [1.165, 1.54) is 12.8 Å². The SMILES string of the molecule is CC(NC(=O)C1CCc2nc(N3CCCC3)ncc2C1)c1ccco1. The van der Waals surface area contributed by atoms with E-state index in [0.29, 0.717) is 6.42 Å². The highest BCUT2D eigenvalue weighted by atomic mass is 16.3. The number of aryl methyl sites for hydroxylation is 1. The molecule has 2 unspecified atom stereocenters. The molecule has 6 heteroatoms. The summed E-state index contributed by atoms with van der Waals surface area (Å²) in [6.07, 6.45) is 8.38. The van der Waals surface area contributed by atoms with Gasteiger partial charge in [0.15, 0.2) is 0 Å². The van der Waals surface area contributed by atoms with E-state index in [1.807, 2.05) is 25.3 Å². The molecule has 3 heterocycles. The predicted molar refractivity (Wildman–Crippen MR) is 94.3 cm³/mol. The van der Waals surface area contributed by atoms with E-state index in [4.69, 9.17) is 9.40 Å². The quantitative estimate of drug-likeness (QED) is 0.926. The molecule has 1 N–H and O–H groups in total. The maximum Gasteiger partial charge on any atom is 0.225 e. The van der Waals surface area contributed by atoms with Crippen molar-refractivity contribution in [3.8, 4) is 0 Å². The third-order valence-corrected chi connectivity index (χ3v) is 5.23. The second kappa shape index (κ2) is 6.86. The Bertz CT molecular complexity index is 738. The fourth-order valence-corrected chi connectivity index (χ4v) is 3.73. The monoisotopic (exact) mass is 340 g/mol. The van der Waals surface area contributed by atoms with Crippen molar-refractivity contribution >= 4 is 11.9 Å². The fourth-order valence-electron chi connectivity index (χ4n) is 3.73. The van der Waals surface area contributed by atoms with Crippen molar-refractivity contribution in [1.29, 1.82) is 0 Å². The Balaban J connectivity index is 1.41. The first-order valence-electron chi connectivity index (χ1n) is 9.14. The van der Waals surface area contributed by atoms with Gasteiger partial charge in [-0.2, -0.15) is 0 Å². The summed E-state index contributed by atoms with van der Waals surface area (Å²) in [4.78, 5) is 24.1. The van der Waals surface area contributed by atoms with Gasteiger partial charge in [0.2, 0.25) is 11.9 Å². The molecule has 0 radical (unpaired) electrons. The third-order valence-electron chi connectivity index (χ3n) is 5.23. The highest BCUT2D eigenvalue weighted by Gasteiger charge is 2.28. The summed E-state index contributed by atoms with van der Waals surface area (Å²) in [6, 6.07) is 3.61. The van der Waals surface area contributed by atoms with Crippen LogP contribution in [0.15, 0.2) is 29.0 Å². The molecule has 0 spiro atoms. The van der Waals surface area contributed by atoms with Gasteiger partial charge in [0.05, 0.1) is 12.3 Å². The number of hydrogen-bond acceptors (Lipinski definition) is 5. The molecule has 1 aliphatic heterocycles. The second-order valence-corrected chi connectivity index (χ2v) is 7.02. The first kappa shape index (κ1) is 16.1. The number of aromatic nitrogens is 2. The molecule has 2 aliphatic rings. The zero-order valence-corrected chi connectivity index (χ0v) is 14.6. The van der Waals surface area contributed by atoms with Crippen LogP contribution in [-0.2, 0) is 17.6 Å². The Kier molecular flexibility index (Phi) is 4.42. The Hall–Kier alpha value is -2.37. The van der Waals surface area contributed by atoms with Crippen molar-refractivity contribution in [2.24, 2.45) is 5.92 Å². The maximum atomic E-state index is 12.6. The summed E-state index contributed by atoms with van der Waals surface area (Å²) >= 11 is 0. The molecule has 132 valence electrons. The number of hydrogen-bond donors (Lipinski definition) is 1. The van der Waals surface area contributed by atoms with Crippen molar-refractivity contribution in [2.75, 3.05) is 18.0 Å². The fraction of sp³-hybridized carbons (Fsp3) is 0.526. The highest BCUT2D eigenvalue weighted by molar-refractivity contribution is 5.79. The molecule has 0 saturated carbocycles. The van der Waals surface area contributed by atoms with Crippen LogP contribution in [0.5, 0.6) is 0 Å². The number of carbonyl (C=O) groups excluding carboxylic acids is 1. The maximum absolute atomic E-state index is 12.6. The Labute approximate surface area is 147 Å². The third kappa shape index (κ3) is 3.38. The van der Waals surface area contributed by atoms with Crippen LogP contribution >= 0.6 is 0 Å². The smallest absolute Gasteiger partial charge is 0.225 e.